The molecule has 1 heterocycles. The van der Waals surface area contributed by atoms with E-state index in [0.29, 0.717) is 5.75 Å². The van der Waals surface area contributed by atoms with E-state index in [1.807, 2.05) is 0 Å². The van der Waals surface area contributed by atoms with Gasteiger partial charge in [0.1, 0.15) is 11.5 Å². The van der Waals surface area contributed by atoms with Crippen LogP contribution >= 0.6 is 0 Å². The summed E-state index contributed by atoms with van der Waals surface area (Å²) in [4.78, 5) is 12.0. The standard InChI is InChI=1S/C15H16O3/c1-8-5-11-12-7-10(16)3-4-14(12)18-15(17)13(11)6-9(8)2/h3-4,7,11,13,16H,5-6H2,1-2H3/t11-,13-/m0/s1. The lowest BCUT2D eigenvalue weighted by Gasteiger charge is -2.36. The predicted molar refractivity (Wildman–Crippen MR) is 67.6 cm³/mol. The molecule has 0 saturated carbocycles. The van der Waals surface area contributed by atoms with Crippen LogP contribution < -0.4 is 4.74 Å². The van der Waals surface area contributed by atoms with Crippen molar-refractivity contribution >= 4 is 5.97 Å². The van der Waals surface area contributed by atoms with E-state index < -0.39 is 0 Å². The number of carbonyl (C=O) groups excluding carboxylic acids is 1. The minimum atomic E-state index is -0.134. The van der Waals surface area contributed by atoms with Gasteiger partial charge in [-0.1, -0.05) is 11.1 Å². The fraction of sp³-hybridized carbons (Fsp3) is 0.400. The maximum absolute atomic E-state index is 12.0. The third-order valence-corrected chi connectivity index (χ3v) is 4.17. The lowest BCUT2D eigenvalue weighted by atomic mass is 9.72. The molecule has 0 radical (unpaired) electrons. The number of aromatic hydroxyl groups is 1. The van der Waals surface area contributed by atoms with Gasteiger partial charge in [0.15, 0.2) is 0 Å². The predicted octanol–water partition coefficient (Wildman–Crippen LogP) is 3.14. The summed E-state index contributed by atoms with van der Waals surface area (Å²) in [6, 6.07) is 4.97. The summed E-state index contributed by atoms with van der Waals surface area (Å²) in [7, 11) is 0. The van der Waals surface area contributed by atoms with Gasteiger partial charge < -0.3 is 9.84 Å². The Labute approximate surface area is 106 Å². The molecule has 1 N–H and O–H groups in total. The Kier molecular flexibility index (Phi) is 2.44. The molecule has 2 aliphatic rings. The SMILES string of the molecule is CC1=C(C)C[C@H]2c3cc(O)ccc3OC(=O)[C@H]2C1. The number of carbonyl (C=O) groups is 1. The number of allylic oxidation sites excluding steroid dienone is 2. The van der Waals surface area contributed by atoms with Crippen molar-refractivity contribution < 1.29 is 14.6 Å². The minimum Gasteiger partial charge on any atom is -0.508 e. The van der Waals surface area contributed by atoms with E-state index in [0.717, 1.165) is 18.4 Å². The first kappa shape index (κ1) is 11.3. The van der Waals surface area contributed by atoms with Crippen molar-refractivity contribution in [2.75, 3.05) is 0 Å². The fourth-order valence-corrected chi connectivity index (χ4v) is 2.97. The summed E-state index contributed by atoms with van der Waals surface area (Å²) >= 11 is 0. The molecule has 0 amide bonds. The molecular formula is C15H16O3. The van der Waals surface area contributed by atoms with Gasteiger partial charge in [-0.15, -0.1) is 0 Å². The van der Waals surface area contributed by atoms with Gasteiger partial charge in [-0.2, -0.15) is 0 Å². The first-order chi connectivity index (χ1) is 8.56. The number of hydrogen-bond donors (Lipinski definition) is 1. The molecule has 1 aliphatic heterocycles. The summed E-state index contributed by atoms with van der Waals surface area (Å²) in [5.74, 6) is 0.755. The Balaban J connectivity index is 2.10. The van der Waals surface area contributed by atoms with E-state index in [1.54, 1.807) is 18.2 Å². The molecule has 1 aromatic rings. The van der Waals surface area contributed by atoms with Gasteiger partial charge in [-0.3, -0.25) is 4.79 Å². The number of hydrogen-bond acceptors (Lipinski definition) is 3. The molecule has 94 valence electrons. The van der Waals surface area contributed by atoms with Crippen LogP contribution in [0.4, 0.5) is 0 Å². The van der Waals surface area contributed by atoms with Crippen molar-refractivity contribution in [2.24, 2.45) is 5.92 Å². The Bertz CT molecular complexity index is 557. The van der Waals surface area contributed by atoms with E-state index >= 15 is 0 Å². The summed E-state index contributed by atoms with van der Waals surface area (Å²) in [6.07, 6.45) is 1.65. The largest absolute Gasteiger partial charge is 0.508 e. The highest BCUT2D eigenvalue weighted by Crippen LogP contribution is 2.47. The molecule has 0 saturated heterocycles. The van der Waals surface area contributed by atoms with Crippen molar-refractivity contribution in [1.29, 1.82) is 0 Å². The molecule has 0 bridgehead atoms. The van der Waals surface area contributed by atoms with Gasteiger partial charge in [0.05, 0.1) is 5.92 Å². The topological polar surface area (TPSA) is 46.5 Å². The highest BCUT2D eigenvalue weighted by atomic mass is 16.5. The molecule has 3 heteroatoms. The van der Waals surface area contributed by atoms with Crippen molar-refractivity contribution in [1.82, 2.24) is 0 Å². The third-order valence-electron chi connectivity index (χ3n) is 4.17. The van der Waals surface area contributed by atoms with Crippen LogP contribution in [0.5, 0.6) is 11.5 Å². The van der Waals surface area contributed by atoms with Crippen molar-refractivity contribution in [3.63, 3.8) is 0 Å². The minimum absolute atomic E-state index is 0.0944. The summed E-state index contributed by atoms with van der Waals surface area (Å²) < 4.78 is 5.37. The number of esters is 1. The number of rotatable bonds is 0. The Morgan fingerprint density at radius 2 is 1.83 bits per heavy atom. The summed E-state index contributed by atoms with van der Waals surface area (Å²) in [6.45, 7) is 4.20. The molecule has 2 atom stereocenters. The van der Waals surface area contributed by atoms with Crippen LogP contribution in [0.25, 0.3) is 0 Å². The average Bonchev–Trinajstić information content (AvgIpc) is 2.33. The van der Waals surface area contributed by atoms with E-state index in [1.165, 1.54) is 11.1 Å². The van der Waals surface area contributed by atoms with Crippen LogP contribution in [0.1, 0.15) is 38.2 Å². The number of benzene rings is 1. The van der Waals surface area contributed by atoms with Crippen LogP contribution in [0.2, 0.25) is 0 Å². The lowest BCUT2D eigenvalue weighted by molar-refractivity contribution is -0.141. The molecular weight excluding hydrogens is 228 g/mol. The van der Waals surface area contributed by atoms with Crippen LogP contribution in [-0.4, -0.2) is 11.1 Å². The van der Waals surface area contributed by atoms with Gasteiger partial charge >= 0.3 is 5.97 Å². The Morgan fingerprint density at radius 3 is 2.56 bits per heavy atom. The van der Waals surface area contributed by atoms with E-state index in [4.69, 9.17) is 4.74 Å². The first-order valence-electron chi connectivity index (χ1n) is 6.26. The Hall–Kier alpha value is -1.77. The highest BCUT2D eigenvalue weighted by Gasteiger charge is 2.40. The quantitative estimate of drug-likeness (QED) is 0.433. The van der Waals surface area contributed by atoms with Crippen molar-refractivity contribution in [2.45, 2.75) is 32.6 Å². The second kappa shape index (κ2) is 3.87. The number of phenolic OH excluding ortho intramolecular Hbond substituents is 1. The number of ether oxygens (including phenoxy) is 1. The molecule has 1 aliphatic carbocycles. The molecule has 3 nitrogen and oxygen atoms in total. The molecule has 0 unspecified atom stereocenters. The average molecular weight is 244 g/mol. The fourth-order valence-electron chi connectivity index (χ4n) is 2.97. The van der Waals surface area contributed by atoms with E-state index in [2.05, 4.69) is 13.8 Å². The number of fused-ring (bicyclic) bond motifs is 3. The summed E-state index contributed by atoms with van der Waals surface area (Å²) in [5, 5.41) is 9.61. The lowest BCUT2D eigenvalue weighted by Crippen LogP contribution is -2.34. The maximum atomic E-state index is 12.0. The van der Waals surface area contributed by atoms with Crippen molar-refractivity contribution in [3.8, 4) is 11.5 Å². The van der Waals surface area contributed by atoms with Gasteiger partial charge in [0.25, 0.3) is 0 Å². The smallest absolute Gasteiger partial charge is 0.315 e. The van der Waals surface area contributed by atoms with Gasteiger partial charge in [0, 0.05) is 11.5 Å². The zero-order valence-corrected chi connectivity index (χ0v) is 10.6. The molecule has 3 rings (SSSR count). The third kappa shape index (κ3) is 1.62. The molecule has 0 aromatic heterocycles. The van der Waals surface area contributed by atoms with Gasteiger partial charge in [-0.05, 0) is 44.9 Å². The molecule has 1 aromatic carbocycles. The monoisotopic (exact) mass is 244 g/mol. The zero-order chi connectivity index (χ0) is 12.9. The summed E-state index contributed by atoms with van der Waals surface area (Å²) in [5.41, 5.74) is 3.60. The number of phenols is 1. The second-order valence-corrected chi connectivity index (χ2v) is 5.33. The van der Waals surface area contributed by atoms with Crippen LogP contribution in [0.3, 0.4) is 0 Å². The molecule has 0 spiro atoms. The zero-order valence-electron chi connectivity index (χ0n) is 10.6. The van der Waals surface area contributed by atoms with Crippen LogP contribution in [0.15, 0.2) is 29.3 Å². The van der Waals surface area contributed by atoms with Gasteiger partial charge in [-0.25, -0.2) is 0 Å². The van der Waals surface area contributed by atoms with Crippen LogP contribution in [0, 0.1) is 5.92 Å². The van der Waals surface area contributed by atoms with Crippen molar-refractivity contribution in [3.05, 3.63) is 34.9 Å². The van der Waals surface area contributed by atoms with E-state index in [-0.39, 0.29) is 23.6 Å². The Morgan fingerprint density at radius 1 is 1.17 bits per heavy atom. The molecule has 0 fully saturated rings. The second-order valence-electron chi connectivity index (χ2n) is 5.33. The van der Waals surface area contributed by atoms with Crippen LogP contribution in [-0.2, 0) is 4.79 Å². The molecule has 18 heavy (non-hydrogen) atoms. The first-order valence-corrected chi connectivity index (χ1v) is 6.26. The normalized spacial score (nSPS) is 26.4. The maximum Gasteiger partial charge on any atom is 0.315 e. The van der Waals surface area contributed by atoms with E-state index in [9.17, 15) is 9.90 Å². The van der Waals surface area contributed by atoms with Gasteiger partial charge in [0.2, 0.25) is 0 Å². The highest BCUT2D eigenvalue weighted by molar-refractivity contribution is 5.80.